The Morgan fingerprint density at radius 1 is 0.607 bits per heavy atom. The van der Waals surface area contributed by atoms with Crippen LogP contribution in [-0.2, 0) is 0 Å². The molecular weight excluding hydrogens is 344 g/mol. The van der Waals surface area contributed by atoms with Crippen molar-refractivity contribution in [2.24, 2.45) is 0 Å². The van der Waals surface area contributed by atoms with Gasteiger partial charge in [0, 0.05) is 32.7 Å². The van der Waals surface area contributed by atoms with Gasteiger partial charge in [0.1, 0.15) is 0 Å². The molecule has 0 aliphatic carbocycles. The molecule has 1 aliphatic heterocycles. The number of aliphatic hydroxyl groups excluding tert-OH is 1. The fraction of sp³-hybridized carbons (Fsp3) is 0.280. The first-order valence-corrected chi connectivity index (χ1v) is 10.1. The summed E-state index contributed by atoms with van der Waals surface area (Å²) in [5.74, 6) is 0. The number of β-amino-alcohol motifs (C(OH)–C–C–N with tert-alkyl or cyclic N) is 1. The number of rotatable bonds is 6. The van der Waals surface area contributed by atoms with E-state index in [1.807, 2.05) is 30.3 Å². The molecule has 3 aromatic carbocycles. The first-order chi connectivity index (χ1) is 13.8. The van der Waals surface area contributed by atoms with Crippen molar-refractivity contribution in [1.82, 2.24) is 9.80 Å². The Bertz CT molecular complexity index is 791. The van der Waals surface area contributed by atoms with E-state index in [9.17, 15) is 5.11 Å². The molecule has 0 unspecified atom stereocenters. The second-order valence-corrected chi connectivity index (χ2v) is 7.49. The van der Waals surface area contributed by atoms with Gasteiger partial charge in [-0.05, 0) is 16.7 Å². The van der Waals surface area contributed by atoms with Gasteiger partial charge in [-0.15, -0.1) is 0 Å². The first kappa shape index (κ1) is 18.9. The third kappa shape index (κ3) is 4.50. The summed E-state index contributed by atoms with van der Waals surface area (Å²) in [5.41, 5.74) is 3.68. The summed E-state index contributed by atoms with van der Waals surface area (Å²) in [5, 5.41) is 10.5. The molecule has 1 N–H and O–H groups in total. The maximum atomic E-state index is 10.5. The lowest BCUT2D eigenvalue weighted by molar-refractivity contribution is 0.0623. The van der Waals surface area contributed by atoms with E-state index >= 15 is 0 Å². The molecule has 1 atom stereocenters. The van der Waals surface area contributed by atoms with Gasteiger partial charge in [0.05, 0.1) is 12.1 Å². The number of benzene rings is 3. The predicted molar refractivity (Wildman–Crippen MR) is 114 cm³/mol. The molecule has 0 radical (unpaired) electrons. The highest BCUT2D eigenvalue weighted by Gasteiger charge is 2.27. The highest BCUT2D eigenvalue weighted by Crippen LogP contribution is 2.29. The highest BCUT2D eigenvalue weighted by atomic mass is 16.3. The van der Waals surface area contributed by atoms with Crippen LogP contribution in [0, 0.1) is 0 Å². The van der Waals surface area contributed by atoms with Crippen LogP contribution in [0.5, 0.6) is 0 Å². The van der Waals surface area contributed by atoms with Crippen LogP contribution in [0.4, 0.5) is 0 Å². The van der Waals surface area contributed by atoms with E-state index in [2.05, 4.69) is 70.5 Å². The highest BCUT2D eigenvalue weighted by molar-refractivity contribution is 5.32. The number of hydrogen-bond donors (Lipinski definition) is 1. The third-order valence-corrected chi connectivity index (χ3v) is 5.62. The minimum atomic E-state index is -0.424. The van der Waals surface area contributed by atoms with Crippen molar-refractivity contribution in [2.75, 3.05) is 32.7 Å². The Morgan fingerprint density at radius 3 is 1.50 bits per heavy atom. The van der Waals surface area contributed by atoms with Crippen molar-refractivity contribution >= 4 is 0 Å². The summed E-state index contributed by atoms with van der Waals surface area (Å²) in [7, 11) is 0. The summed E-state index contributed by atoms with van der Waals surface area (Å²) in [6.45, 7) is 4.63. The molecule has 0 spiro atoms. The van der Waals surface area contributed by atoms with Gasteiger partial charge in [-0.3, -0.25) is 9.80 Å². The topological polar surface area (TPSA) is 26.7 Å². The Hall–Kier alpha value is -2.46. The minimum Gasteiger partial charge on any atom is -0.387 e. The summed E-state index contributed by atoms with van der Waals surface area (Å²) < 4.78 is 0. The van der Waals surface area contributed by atoms with Crippen LogP contribution in [0.2, 0.25) is 0 Å². The maximum Gasteiger partial charge on any atom is 0.0916 e. The molecular formula is C25H28N2O. The molecule has 1 fully saturated rings. The number of piperazine rings is 1. The van der Waals surface area contributed by atoms with Gasteiger partial charge in [-0.2, -0.15) is 0 Å². The molecule has 3 nitrogen and oxygen atoms in total. The molecule has 0 bridgehead atoms. The second-order valence-electron chi connectivity index (χ2n) is 7.49. The molecule has 28 heavy (non-hydrogen) atoms. The Kier molecular flexibility index (Phi) is 6.17. The summed E-state index contributed by atoms with van der Waals surface area (Å²) in [4.78, 5) is 4.94. The van der Waals surface area contributed by atoms with Crippen molar-refractivity contribution in [3.63, 3.8) is 0 Å². The first-order valence-electron chi connectivity index (χ1n) is 10.1. The van der Waals surface area contributed by atoms with Crippen molar-refractivity contribution in [1.29, 1.82) is 0 Å². The van der Waals surface area contributed by atoms with Crippen molar-refractivity contribution < 1.29 is 5.11 Å². The quantitative estimate of drug-likeness (QED) is 0.705. The van der Waals surface area contributed by atoms with E-state index in [-0.39, 0.29) is 6.04 Å². The summed E-state index contributed by atoms with van der Waals surface area (Å²) in [6.07, 6.45) is -0.424. The van der Waals surface area contributed by atoms with E-state index in [1.165, 1.54) is 11.1 Å². The van der Waals surface area contributed by atoms with Crippen LogP contribution in [0.3, 0.4) is 0 Å². The average Bonchev–Trinajstić information content (AvgIpc) is 2.77. The second kappa shape index (κ2) is 9.16. The Balaban J connectivity index is 1.43. The van der Waals surface area contributed by atoms with Crippen LogP contribution in [-0.4, -0.2) is 47.6 Å². The van der Waals surface area contributed by atoms with Crippen LogP contribution < -0.4 is 0 Å². The fourth-order valence-corrected chi connectivity index (χ4v) is 4.11. The molecule has 1 heterocycles. The number of nitrogens with zero attached hydrogens (tertiary/aromatic N) is 2. The van der Waals surface area contributed by atoms with Gasteiger partial charge in [-0.1, -0.05) is 91.0 Å². The molecule has 3 aromatic rings. The standard InChI is InChI=1S/C25H28N2O/c28-24(21-10-4-1-5-11-21)20-26-16-18-27(19-17-26)25(22-12-6-2-7-13-22)23-14-8-3-9-15-23/h1-15,24-25,28H,16-20H2/t24-/m1/s1. The van der Waals surface area contributed by atoms with E-state index in [0.717, 1.165) is 31.7 Å². The number of hydrogen-bond acceptors (Lipinski definition) is 3. The largest absolute Gasteiger partial charge is 0.387 e. The normalized spacial score (nSPS) is 16.9. The van der Waals surface area contributed by atoms with Gasteiger partial charge in [0.2, 0.25) is 0 Å². The van der Waals surface area contributed by atoms with Gasteiger partial charge >= 0.3 is 0 Å². The molecule has 1 saturated heterocycles. The van der Waals surface area contributed by atoms with E-state index < -0.39 is 6.10 Å². The predicted octanol–water partition coefficient (Wildman–Crippen LogP) is 4.13. The zero-order valence-corrected chi connectivity index (χ0v) is 16.2. The molecule has 0 saturated carbocycles. The lowest BCUT2D eigenvalue weighted by atomic mass is 9.96. The van der Waals surface area contributed by atoms with Crippen molar-refractivity contribution in [3.8, 4) is 0 Å². The average molecular weight is 373 g/mol. The van der Waals surface area contributed by atoms with E-state index in [0.29, 0.717) is 6.54 Å². The SMILES string of the molecule is O[C@H](CN1CCN(C(c2ccccc2)c2ccccc2)CC1)c1ccccc1. The maximum absolute atomic E-state index is 10.5. The van der Waals surface area contributed by atoms with Gasteiger partial charge < -0.3 is 5.11 Å². The lowest BCUT2D eigenvalue weighted by Gasteiger charge is -2.40. The van der Waals surface area contributed by atoms with E-state index in [1.54, 1.807) is 0 Å². The molecule has 4 rings (SSSR count). The Labute approximate surface area is 167 Å². The van der Waals surface area contributed by atoms with Gasteiger partial charge in [0.25, 0.3) is 0 Å². The van der Waals surface area contributed by atoms with Gasteiger partial charge in [-0.25, -0.2) is 0 Å². The van der Waals surface area contributed by atoms with Crippen LogP contribution in [0.1, 0.15) is 28.8 Å². The van der Waals surface area contributed by atoms with E-state index in [4.69, 9.17) is 0 Å². The Morgan fingerprint density at radius 2 is 1.04 bits per heavy atom. The van der Waals surface area contributed by atoms with Gasteiger partial charge in [0.15, 0.2) is 0 Å². The molecule has 144 valence electrons. The minimum absolute atomic E-state index is 0.281. The molecule has 0 aromatic heterocycles. The zero-order chi connectivity index (χ0) is 19.2. The third-order valence-electron chi connectivity index (χ3n) is 5.62. The van der Waals surface area contributed by atoms with Crippen LogP contribution in [0.25, 0.3) is 0 Å². The molecule has 0 amide bonds. The molecule has 1 aliphatic rings. The van der Waals surface area contributed by atoms with Crippen molar-refractivity contribution in [2.45, 2.75) is 12.1 Å². The number of aliphatic hydroxyl groups is 1. The van der Waals surface area contributed by atoms with Crippen LogP contribution in [0.15, 0.2) is 91.0 Å². The van der Waals surface area contributed by atoms with Crippen LogP contribution >= 0.6 is 0 Å². The monoisotopic (exact) mass is 372 g/mol. The molecule has 3 heteroatoms. The lowest BCUT2D eigenvalue weighted by Crippen LogP contribution is -2.48. The fourth-order valence-electron chi connectivity index (χ4n) is 4.11. The van der Waals surface area contributed by atoms with Crippen molar-refractivity contribution in [3.05, 3.63) is 108 Å². The smallest absolute Gasteiger partial charge is 0.0916 e. The zero-order valence-electron chi connectivity index (χ0n) is 16.2. The summed E-state index contributed by atoms with van der Waals surface area (Å²) in [6, 6.07) is 31.8. The summed E-state index contributed by atoms with van der Waals surface area (Å²) >= 11 is 0.